The van der Waals surface area contributed by atoms with Crippen LogP contribution in [-0.4, -0.2) is 50.2 Å². The van der Waals surface area contributed by atoms with E-state index in [0.717, 1.165) is 36.9 Å². The number of likely N-dealkylation sites (N-methyl/N-ethyl adjacent to an activating group) is 1. The van der Waals surface area contributed by atoms with Gasteiger partial charge in [0.15, 0.2) is 5.96 Å². The minimum Gasteiger partial charge on any atom is -0.492 e. The van der Waals surface area contributed by atoms with E-state index < -0.39 is 0 Å². The highest BCUT2D eigenvalue weighted by atomic mass is 16.5. The maximum absolute atomic E-state index is 6.01. The molecule has 0 radical (unpaired) electrons. The van der Waals surface area contributed by atoms with Crippen LogP contribution in [0.4, 0.5) is 0 Å². The van der Waals surface area contributed by atoms with Crippen LogP contribution < -0.4 is 15.4 Å². The van der Waals surface area contributed by atoms with Gasteiger partial charge >= 0.3 is 0 Å². The minimum absolute atomic E-state index is 0.367. The van der Waals surface area contributed by atoms with Crippen molar-refractivity contribution < 1.29 is 4.74 Å². The fraction of sp³-hybridized carbons (Fsp3) is 0.650. The number of para-hydroxylation sites is 1. The van der Waals surface area contributed by atoms with Crippen molar-refractivity contribution in [3.05, 3.63) is 29.8 Å². The van der Waals surface area contributed by atoms with Crippen molar-refractivity contribution in [2.75, 3.05) is 33.3 Å². The Morgan fingerprint density at radius 3 is 2.44 bits per heavy atom. The number of guanidine groups is 1. The summed E-state index contributed by atoms with van der Waals surface area (Å²) in [5.41, 5.74) is 1.14. The molecule has 0 aromatic heterocycles. The van der Waals surface area contributed by atoms with Gasteiger partial charge in [0, 0.05) is 31.7 Å². The first-order valence-electron chi connectivity index (χ1n) is 9.42. The second-order valence-electron chi connectivity index (χ2n) is 6.59. The van der Waals surface area contributed by atoms with Gasteiger partial charge in [-0.15, -0.1) is 0 Å². The van der Waals surface area contributed by atoms with E-state index >= 15 is 0 Å². The maximum atomic E-state index is 6.01. The predicted molar refractivity (Wildman–Crippen MR) is 107 cm³/mol. The molecule has 1 atom stereocenters. The lowest BCUT2D eigenvalue weighted by atomic mass is 10.1. The molecule has 0 aliphatic rings. The molecule has 0 amide bonds. The quantitative estimate of drug-likeness (QED) is 0.504. The van der Waals surface area contributed by atoms with Crippen LogP contribution in [-0.2, 0) is 6.54 Å². The van der Waals surface area contributed by atoms with Crippen LogP contribution >= 0.6 is 0 Å². The van der Waals surface area contributed by atoms with E-state index in [0.29, 0.717) is 25.1 Å². The number of ether oxygens (including phenoxy) is 1. The summed E-state index contributed by atoms with van der Waals surface area (Å²) in [5.74, 6) is 2.31. The minimum atomic E-state index is 0.367. The molecule has 0 fully saturated rings. The van der Waals surface area contributed by atoms with E-state index in [4.69, 9.17) is 4.74 Å². The molecule has 0 aliphatic heterocycles. The van der Waals surface area contributed by atoms with Gasteiger partial charge in [-0.3, -0.25) is 4.99 Å². The van der Waals surface area contributed by atoms with Crippen molar-refractivity contribution in [2.24, 2.45) is 10.9 Å². The standard InChI is InChI=1S/C20H36N4O/c1-7-24(8-2)13-14-25-19-12-10-9-11-18(19)15-22-20(21-6)23-17(5)16(3)4/h9-12,16-17H,7-8,13-15H2,1-6H3,(H2,21,22,23). The molecule has 5 nitrogen and oxygen atoms in total. The fourth-order valence-corrected chi connectivity index (χ4v) is 2.37. The number of hydrogen-bond acceptors (Lipinski definition) is 3. The Kier molecular flexibility index (Phi) is 10.0. The molecule has 2 N–H and O–H groups in total. The predicted octanol–water partition coefficient (Wildman–Crippen LogP) is 3.12. The summed E-state index contributed by atoms with van der Waals surface area (Å²) in [4.78, 5) is 6.67. The molecule has 1 aromatic rings. The van der Waals surface area contributed by atoms with E-state index in [-0.39, 0.29) is 0 Å². The lowest BCUT2D eigenvalue weighted by Crippen LogP contribution is -2.43. The number of hydrogen-bond donors (Lipinski definition) is 2. The van der Waals surface area contributed by atoms with Crippen LogP contribution in [0, 0.1) is 5.92 Å². The van der Waals surface area contributed by atoms with Gasteiger partial charge in [0.05, 0.1) is 0 Å². The van der Waals surface area contributed by atoms with Crippen LogP contribution in [0.3, 0.4) is 0 Å². The summed E-state index contributed by atoms with van der Waals surface area (Å²) < 4.78 is 6.01. The van der Waals surface area contributed by atoms with Gasteiger partial charge in [0.25, 0.3) is 0 Å². The zero-order chi connectivity index (χ0) is 18.7. The SMILES string of the molecule is CCN(CC)CCOc1ccccc1CNC(=NC)NC(C)C(C)C. The summed E-state index contributed by atoms with van der Waals surface area (Å²) >= 11 is 0. The summed E-state index contributed by atoms with van der Waals surface area (Å²) in [5, 5.41) is 6.80. The first kappa shape index (κ1) is 21.3. The van der Waals surface area contributed by atoms with Crippen molar-refractivity contribution in [3.63, 3.8) is 0 Å². The molecule has 1 unspecified atom stereocenters. The number of nitrogens with zero attached hydrogens (tertiary/aromatic N) is 2. The third-order valence-corrected chi connectivity index (χ3v) is 4.57. The fourth-order valence-electron chi connectivity index (χ4n) is 2.37. The Morgan fingerprint density at radius 2 is 1.84 bits per heavy atom. The number of aliphatic imine (C=N–C) groups is 1. The smallest absolute Gasteiger partial charge is 0.191 e. The van der Waals surface area contributed by atoms with Crippen molar-refractivity contribution >= 4 is 5.96 Å². The molecule has 0 bridgehead atoms. The molecule has 25 heavy (non-hydrogen) atoms. The second kappa shape index (κ2) is 11.7. The summed E-state index contributed by atoms with van der Waals surface area (Å²) in [7, 11) is 1.80. The highest BCUT2D eigenvalue weighted by molar-refractivity contribution is 5.80. The average molecular weight is 349 g/mol. The first-order valence-corrected chi connectivity index (χ1v) is 9.42. The van der Waals surface area contributed by atoms with E-state index in [1.54, 1.807) is 7.05 Å². The first-order chi connectivity index (χ1) is 12.0. The molecule has 0 heterocycles. The molecule has 142 valence electrons. The molecule has 1 aromatic carbocycles. The van der Waals surface area contributed by atoms with Crippen molar-refractivity contribution in [2.45, 2.75) is 47.2 Å². The monoisotopic (exact) mass is 348 g/mol. The van der Waals surface area contributed by atoms with Gasteiger partial charge in [0.1, 0.15) is 12.4 Å². The van der Waals surface area contributed by atoms with E-state index in [2.05, 4.69) is 61.2 Å². The highest BCUT2D eigenvalue weighted by Crippen LogP contribution is 2.17. The van der Waals surface area contributed by atoms with Gasteiger partial charge in [-0.05, 0) is 32.0 Å². The molecule has 5 heteroatoms. The lowest BCUT2D eigenvalue weighted by molar-refractivity contribution is 0.221. The Hall–Kier alpha value is -1.75. The molecule has 1 rings (SSSR count). The molecule has 0 spiro atoms. The Balaban J connectivity index is 2.58. The zero-order valence-electron chi connectivity index (χ0n) is 16.8. The largest absolute Gasteiger partial charge is 0.492 e. The van der Waals surface area contributed by atoms with Gasteiger partial charge in [0.2, 0.25) is 0 Å². The molecule has 0 saturated carbocycles. The second-order valence-corrected chi connectivity index (χ2v) is 6.59. The van der Waals surface area contributed by atoms with Gasteiger partial charge in [-0.25, -0.2) is 0 Å². The zero-order valence-corrected chi connectivity index (χ0v) is 16.8. The van der Waals surface area contributed by atoms with Crippen molar-refractivity contribution in [1.82, 2.24) is 15.5 Å². The topological polar surface area (TPSA) is 48.9 Å². The third kappa shape index (κ3) is 7.78. The Labute approximate surface area is 153 Å². The Bertz CT molecular complexity index is 512. The summed E-state index contributed by atoms with van der Waals surface area (Å²) in [6.45, 7) is 15.4. The van der Waals surface area contributed by atoms with Crippen molar-refractivity contribution in [1.29, 1.82) is 0 Å². The van der Waals surface area contributed by atoms with E-state index in [1.165, 1.54) is 0 Å². The van der Waals surface area contributed by atoms with E-state index in [1.807, 2.05) is 18.2 Å². The molecule has 0 saturated heterocycles. The number of benzene rings is 1. The van der Waals surface area contributed by atoms with Crippen LogP contribution in [0.25, 0.3) is 0 Å². The average Bonchev–Trinajstić information content (AvgIpc) is 2.62. The Morgan fingerprint density at radius 1 is 1.16 bits per heavy atom. The summed E-state index contributed by atoms with van der Waals surface area (Å²) in [6.07, 6.45) is 0. The van der Waals surface area contributed by atoms with Crippen LogP contribution in [0.5, 0.6) is 5.75 Å². The van der Waals surface area contributed by atoms with Crippen LogP contribution in [0.2, 0.25) is 0 Å². The molecular formula is C20H36N4O. The maximum Gasteiger partial charge on any atom is 0.191 e. The number of rotatable bonds is 10. The lowest BCUT2D eigenvalue weighted by Gasteiger charge is -2.21. The van der Waals surface area contributed by atoms with Crippen LogP contribution in [0.1, 0.15) is 40.2 Å². The molecular weight excluding hydrogens is 312 g/mol. The van der Waals surface area contributed by atoms with Crippen LogP contribution in [0.15, 0.2) is 29.3 Å². The molecule has 0 aliphatic carbocycles. The van der Waals surface area contributed by atoms with E-state index in [9.17, 15) is 0 Å². The summed E-state index contributed by atoms with van der Waals surface area (Å²) in [6, 6.07) is 8.56. The van der Waals surface area contributed by atoms with Gasteiger partial charge < -0.3 is 20.3 Å². The van der Waals surface area contributed by atoms with Crippen molar-refractivity contribution in [3.8, 4) is 5.75 Å². The van der Waals surface area contributed by atoms with Gasteiger partial charge in [-0.2, -0.15) is 0 Å². The highest BCUT2D eigenvalue weighted by Gasteiger charge is 2.10. The normalized spacial score (nSPS) is 13.2. The third-order valence-electron chi connectivity index (χ3n) is 4.57. The number of nitrogens with one attached hydrogen (secondary N) is 2. The van der Waals surface area contributed by atoms with Gasteiger partial charge in [-0.1, -0.05) is 45.9 Å².